The van der Waals surface area contributed by atoms with Gasteiger partial charge in [0.05, 0.1) is 23.6 Å². The van der Waals surface area contributed by atoms with Crippen LogP contribution in [0.2, 0.25) is 0 Å². The van der Waals surface area contributed by atoms with Gasteiger partial charge in [-0.2, -0.15) is 15.0 Å². The zero-order valence-corrected chi connectivity index (χ0v) is 15.5. The van der Waals surface area contributed by atoms with Gasteiger partial charge in [0.1, 0.15) is 11.6 Å². The van der Waals surface area contributed by atoms with Crippen molar-refractivity contribution in [3.63, 3.8) is 0 Å². The van der Waals surface area contributed by atoms with Gasteiger partial charge in [-0.25, -0.2) is 9.37 Å². The van der Waals surface area contributed by atoms with Crippen LogP contribution < -0.4 is 10.6 Å². The van der Waals surface area contributed by atoms with Gasteiger partial charge in [-0.05, 0) is 56.0 Å². The molecule has 0 saturated heterocycles. The Bertz CT molecular complexity index is 957. The van der Waals surface area contributed by atoms with Crippen LogP contribution in [0.15, 0.2) is 48.9 Å². The second-order valence-corrected chi connectivity index (χ2v) is 6.96. The van der Waals surface area contributed by atoms with E-state index in [0.29, 0.717) is 5.69 Å². The van der Waals surface area contributed by atoms with Gasteiger partial charge in [-0.1, -0.05) is 6.07 Å². The maximum absolute atomic E-state index is 13.8. The van der Waals surface area contributed by atoms with E-state index in [0.717, 1.165) is 30.6 Å². The molecule has 0 spiro atoms. The minimum atomic E-state index is -0.481. The highest BCUT2D eigenvalue weighted by atomic mass is 19.1. The standard InChI is InChI=1S/C20H21FN6O/c1-13-5-8-19(22-12-13)25-16-3-2-4-17(16)26-20(28)15-11-14(21)6-7-18(15)27-23-9-10-24-27/h5-12,16-17H,2-4H2,1H3,(H,22,25)(H,26,28)/t16-,17-/m0/s1. The van der Waals surface area contributed by atoms with Gasteiger partial charge in [-0.3, -0.25) is 4.79 Å². The maximum Gasteiger partial charge on any atom is 0.253 e. The van der Waals surface area contributed by atoms with Crippen LogP contribution in [0.4, 0.5) is 10.2 Å². The highest BCUT2D eigenvalue weighted by Crippen LogP contribution is 2.24. The predicted octanol–water partition coefficient (Wildman–Crippen LogP) is 2.87. The molecule has 2 aromatic heterocycles. The number of halogens is 1. The number of aryl methyl sites for hydroxylation is 1. The quantitative estimate of drug-likeness (QED) is 0.711. The first-order valence-corrected chi connectivity index (χ1v) is 9.26. The number of amides is 1. The molecule has 1 aliphatic rings. The monoisotopic (exact) mass is 380 g/mol. The Morgan fingerprint density at radius 1 is 1.14 bits per heavy atom. The Kier molecular flexibility index (Phi) is 5.01. The van der Waals surface area contributed by atoms with Gasteiger partial charge in [-0.15, -0.1) is 0 Å². The SMILES string of the molecule is Cc1ccc(N[C@H]2CCC[C@@H]2NC(=O)c2cc(F)ccc2-n2nccn2)nc1. The van der Waals surface area contributed by atoms with Crippen molar-refractivity contribution in [1.82, 2.24) is 25.3 Å². The third-order valence-electron chi connectivity index (χ3n) is 4.91. The first kappa shape index (κ1) is 18.1. The van der Waals surface area contributed by atoms with E-state index in [1.165, 1.54) is 35.4 Å². The first-order chi connectivity index (χ1) is 13.6. The van der Waals surface area contributed by atoms with Crippen LogP contribution in [0.25, 0.3) is 5.69 Å². The van der Waals surface area contributed by atoms with Gasteiger partial charge in [0.2, 0.25) is 0 Å². The number of hydrogen-bond donors (Lipinski definition) is 2. The second kappa shape index (κ2) is 7.75. The highest BCUT2D eigenvalue weighted by molar-refractivity contribution is 5.98. The third kappa shape index (κ3) is 3.85. The molecule has 1 amide bonds. The average molecular weight is 380 g/mol. The smallest absolute Gasteiger partial charge is 0.253 e. The molecule has 0 aliphatic heterocycles. The number of aromatic nitrogens is 4. The summed E-state index contributed by atoms with van der Waals surface area (Å²) in [5.74, 6) is -0.0442. The van der Waals surface area contributed by atoms with Crippen LogP contribution >= 0.6 is 0 Å². The molecule has 0 radical (unpaired) electrons. The van der Waals surface area contributed by atoms with Crippen molar-refractivity contribution in [2.24, 2.45) is 0 Å². The molecule has 1 saturated carbocycles. The van der Waals surface area contributed by atoms with Crippen molar-refractivity contribution >= 4 is 11.7 Å². The first-order valence-electron chi connectivity index (χ1n) is 9.26. The minimum absolute atomic E-state index is 0.0685. The summed E-state index contributed by atoms with van der Waals surface area (Å²) >= 11 is 0. The lowest BCUT2D eigenvalue weighted by atomic mass is 10.1. The molecule has 2 N–H and O–H groups in total. The number of carbonyl (C=O) groups excluding carboxylic acids is 1. The van der Waals surface area contributed by atoms with E-state index >= 15 is 0 Å². The molecule has 144 valence electrons. The highest BCUT2D eigenvalue weighted by Gasteiger charge is 2.30. The molecule has 4 rings (SSSR count). The van der Waals surface area contributed by atoms with Crippen LogP contribution in [0.3, 0.4) is 0 Å². The van der Waals surface area contributed by atoms with Gasteiger partial charge in [0.25, 0.3) is 5.91 Å². The van der Waals surface area contributed by atoms with E-state index in [4.69, 9.17) is 0 Å². The molecule has 1 aliphatic carbocycles. The van der Waals surface area contributed by atoms with Crippen molar-refractivity contribution in [2.75, 3.05) is 5.32 Å². The molecule has 0 unspecified atom stereocenters. The maximum atomic E-state index is 13.8. The minimum Gasteiger partial charge on any atom is -0.365 e. The number of rotatable bonds is 5. The summed E-state index contributed by atoms with van der Waals surface area (Å²) in [6.45, 7) is 1.99. The Morgan fingerprint density at radius 2 is 1.93 bits per heavy atom. The number of benzene rings is 1. The van der Waals surface area contributed by atoms with Crippen LogP contribution in [0.5, 0.6) is 0 Å². The molecule has 7 nitrogen and oxygen atoms in total. The van der Waals surface area contributed by atoms with E-state index in [1.54, 1.807) is 6.20 Å². The molecule has 1 aromatic carbocycles. The third-order valence-corrected chi connectivity index (χ3v) is 4.91. The van der Waals surface area contributed by atoms with Crippen molar-refractivity contribution in [3.05, 3.63) is 65.9 Å². The predicted molar refractivity (Wildman–Crippen MR) is 103 cm³/mol. The lowest BCUT2D eigenvalue weighted by Crippen LogP contribution is -2.43. The number of nitrogens with zero attached hydrogens (tertiary/aromatic N) is 4. The van der Waals surface area contributed by atoms with Crippen molar-refractivity contribution < 1.29 is 9.18 Å². The number of pyridine rings is 1. The normalized spacial score (nSPS) is 18.8. The van der Waals surface area contributed by atoms with Crippen LogP contribution in [0, 0.1) is 12.7 Å². The summed E-state index contributed by atoms with van der Waals surface area (Å²) in [6.07, 6.45) is 7.59. The Hall–Kier alpha value is -3.29. The van der Waals surface area contributed by atoms with E-state index in [2.05, 4.69) is 25.8 Å². The number of hydrogen-bond acceptors (Lipinski definition) is 5. The van der Waals surface area contributed by atoms with E-state index < -0.39 is 5.82 Å². The number of nitrogens with one attached hydrogen (secondary N) is 2. The average Bonchev–Trinajstić information content (AvgIpc) is 3.36. The lowest BCUT2D eigenvalue weighted by Gasteiger charge is -2.23. The summed E-state index contributed by atoms with van der Waals surface area (Å²) in [5.41, 5.74) is 1.73. The van der Waals surface area contributed by atoms with Crippen molar-refractivity contribution in [2.45, 2.75) is 38.3 Å². The van der Waals surface area contributed by atoms with Gasteiger partial charge < -0.3 is 10.6 Å². The zero-order valence-electron chi connectivity index (χ0n) is 15.5. The Balaban J connectivity index is 1.51. The Labute approximate surface area is 162 Å². The van der Waals surface area contributed by atoms with E-state index in [1.807, 2.05) is 19.1 Å². The molecular weight excluding hydrogens is 359 g/mol. The van der Waals surface area contributed by atoms with Gasteiger partial charge in [0.15, 0.2) is 0 Å². The lowest BCUT2D eigenvalue weighted by molar-refractivity contribution is 0.0935. The largest absolute Gasteiger partial charge is 0.365 e. The van der Waals surface area contributed by atoms with E-state index in [9.17, 15) is 9.18 Å². The molecule has 2 atom stereocenters. The van der Waals surface area contributed by atoms with Crippen molar-refractivity contribution in [1.29, 1.82) is 0 Å². The summed E-state index contributed by atoms with van der Waals surface area (Å²) in [7, 11) is 0. The molecule has 2 heterocycles. The van der Waals surface area contributed by atoms with Crippen LogP contribution in [0.1, 0.15) is 35.2 Å². The fourth-order valence-electron chi connectivity index (χ4n) is 3.50. The summed E-state index contributed by atoms with van der Waals surface area (Å²) in [6, 6.07) is 7.93. The second-order valence-electron chi connectivity index (χ2n) is 6.96. The van der Waals surface area contributed by atoms with Crippen molar-refractivity contribution in [3.8, 4) is 5.69 Å². The van der Waals surface area contributed by atoms with Gasteiger partial charge >= 0.3 is 0 Å². The van der Waals surface area contributed by atoms with Gasteiger partial charge in [0, 0.05) is 18.3 Å². The molecule has 1 fully saturated rings. The fraction of sp³-hybridized carbons (Fsp3) is 0.300. The molecule has 3 aromatic rings. The molecule has 28 heavy (non-hydrogen) atoms. The summed E-state index contributed by atoms with van der Waals surface area (Å²) < 4.78 is 13.8. The molecule has 8 heteroatoms. The molecular formula is C20H21FN6O. The van der Waals surface area contributed by atoms with Crippen LogP contribution in [-0.4, -0.2) is 38.0 Å². The summed E-state index contributed by atoms with van der Waals surface area (Å²) in [5, 5.41) is 14.5. The molecule has 0 bridgehead atoms. The van der Waals surface area contributed by atoms with E-state index in [-0.39, 0.29) is 23.6 Å². The van der Waals surface area contributed by atoms with Crippen LogP contribution in [-0.2, 0) is 0 Å². The zero-order chi connectivity index (χ0) is 19.5. The fourth-order valence-corrected chi connectivity index (χ4v) is 3.50. The summed E-state index contributed by atoms with van der Waals surface area (Å²) in [4.78, 5) is 18.6. The number of anilines is 1. The Morgan fingerprint density at radius 3 is 2.68 bits per heavy atom. The number of carbonyl (C=O) groups is 1. The topological polar surface area (TPSA) is 84.7 Å².